The van der Waals surface area contributed by atoms with E-state index >= 15 is 0 Å². The summed E-state index contributed by atoms with van der Waals surface area (Å²) in [7, 11) is 1.63. The van der Waals surface area contributed by atoms with Gasteiger partial charge >= 0.3 is 0 Å². The van der Waals surface area contributed by atoms with Crippen molar-refractivity contribution in [3.8, 4) is 22.9 Å². The lowest BCUT2D eigenvalue weighted by Gasteiger charge is -2.07. The van der Waals surface area contributed by atoms with Gasteiger partial charge in [0, 0.05) is 29.6 Å². The van der Waals surface area contributed by atoms with Crippen molar-refractivity contribution in [3.63, 3.8) is 0 Å². The number of fused-ring (bicyclic) bond motifs is 1. The molecule has 27 heavy (non-hydrogen) atoms. The molecule has 0 saturated carbocycles. The molecule has 0 aliphatic rings. The van der Waals surface area contributed by atoms with E-state index in [-0.39, 0.29) is 0 Å². The summed E-state index contributed by atoms with van der Waals surface area (Å²) < 4.78 is 12.2. The summed E-state index contributed by atoms with van der Waals surface area (Å²) >= 11 is 0. The van der Waals surface area contributed by atoms with E-state index in [0.717, 1.165) is 28.2 Å². The fraction of sp³-hybridized carbons (Fsp3) is 0.158. The van der Waals surface area contributed by atoms with Crippen molar-refractivity contribution in [1.29, 1.82) is 0 Å². The van der Waals surface area contributed by atoms with Gasteiger partial charge in [-0.05, 0) is 31.2 Å². The highest BCUT2D eigenvalue weighted by Crippen LogP contribution is 2.25. The minimum absolute atomic E-state index is 0.485. The van der Waals surface area contributed by atoms with Gasteiger partial charge in [-0.25, -0.2) is 9.97 Å². The van der Waals surface area contributed by atoms with Gasteiger partial charge in [0.15, 0.2) is 0 Å². The van der Waals surface area contributed by atoms with Crippen molar-refractivity contribution in [2.45, 2.75) is 6.92 Å². The molecule has 1 N–H and O–H groups in total. The average Bonchev–Trinajstić information content (AvgIpc) is 3.12. The van der Waals surface area contributed by atoms with E-state index in [4.69, 9.17) is 9.47 Å². The molecule has 0 saturated heterocycles. The van der Waals surface area contributed by atoms with Crippen LogP contribution in [0.1, 0.15) is 6.92 Å². The predicted molar refractivity (Wildman–Crippen MR) is 101 cm³/mol. The first-order chi connectivity index (χ1) is 13.3. The maximum atomic E-state index is 5.42. The number of ether oxygens (including phenoxy) is 2. The first-order valence-corrected chi connectivity index (χ1v) is 8.49. The van der Waals surface area contributed by atoms with Crippen LogP contribution in [0.15, 0.2) is 54.9 Å². The van der Waals surface area contributed by atoms with Crippen LogP contribution in [0.4, 0.5) is 11.6 Å². The Bertz CT molecular complexity index is 1080. The molecule has 136 valence electrons. The first-order valence-electron chi connectivity index (χ1n) is 8.49. The third-order valence-corrected chi connectivity index (χ3v) is 3.91. The van der Waals surface area contributed by atoms with Gasteiger partial charge < -0.3 is 14.8 Å². The number of benzene rings is 1. The molecule has 3 heterocycles. The monoisotopic (exact) mass is 362 g/mol. The number of hydrogen-bond acceptors (Lipinski definition) is 7. The lowest BCUT2D eigenvalue weighted by molar-refractivity contribution is 0.320. The minimum Gasteiger partial charge on any atom is -0.497 e. The molecule has 0 aliphatic carbocycles. The Morgan fingerprint density at radius 2 is 2.07 bits per heavy atom. The van der Waals surface area contributed by atoms with Gasteiger partial charge in [-0.2, -0.15) is 5.10 Å². The topological polar surface area (TPSA) is 86.5 Å². The van der Waals surface area contributed by atoms with E-state index in [0.29, 0.717) is 18.4 Å². The van der Waals surface area contributed by atoms with Crippen molar-refractivity contribution < 1.29 is 9.47 Å². The fourth-order valence-electron chi connectivity index (χ4n) is 2.68. The standard InChI is InChI=1S/C19H18N6O2/c1-3-27-18-8-7-17-15(12-21-25(17)24-18)16-9-10-20-19(23-16)22-13-5-4-6-14(11-13)26-2/h4-12H,3H2,1-2H3,(H,20,22,23). The Kier molecular flexibility index (Phi) is 4.52. The summed E-state index contributed by atoms with van der Waals surface area (Å²) in [5, 5.41) is 11.8. The Labute approximate surface area is 155 Å². The van der Waals surface area contributed by atoms with Gasteiger partial charge in [-0.1, -0.05) is 6.07 Å². The zero-order valence-electron chi connectivity index (χ0n) is 15.0. The number of aromatic nitrogens is 5. The van der Waals surface area contributed by atoms with Crippen molar-refractivity contribution in [1.82, 2.24) is 24.8 Å². The van der Waals surface area contributed by atoms with Crippen LogP contribution in [0.25, 0.3) is 16.8 Å². The number of methoxy groups -OCH3 is 1. The van der Waals surface area contributed by atoms with Gasteiger partial charge in [-0.15, -0.1) is 9.73 Å². The van der Waals surface area contributed by atoms with Crippen molar-refractivity contribution in [2.75, 3.05) is 19.0 Å². The zero-order valence-corrected chi connectivity index (χ0v) is 15.0. The van der Waals surface area contributed by atoms with Crippen LogP contribution in [0.5, 0.6) is 11.6 Å². The summed E-state index contributed by atoms with van der Waals surface area (Å²) in [6.07, 6.45) is 3.44. The molecule has 0 radical (unpaired) electrons. The summed E-state index contributed by atoms with van der Waals surface area (Å²) in [6.45, 7) is 2.47. The smallest absolute Gasteiger partial charge is 0.233 e. The van der Waals surface area contributed by atoms with Crippen LogP contribution < -0.4 is 14.8 Å². The number of hydrogen-bond donors (Lipinski definition) is 1. The fourth-order valence-corrected chi connectivity index (χ4v) is 2.68. The Balaban J connectivity index is 1.65. The van der Waals surface area contributed by atoms with E-state index in [1.165, 1.54) is 4.63 Å². The molecule has 8 heteroatoms. The van der Waals surface area contributed by atoms with E-state index in [1.54, 1.807) is 19.5 Å². The summed E-state index contributed by atoms with van der Waals surface area (Å²) in [5.74, 6) is 1.77. The first kappa shape index (κ1) is 16.8. The lowest BCUT2D eigenvalue weighted by Crippen LogP contribution is -2.00. The second-order valence-corrected chi connectivity index (χ2v) is 5.66. The number of anilines is 2. The SMILES string of the molecule is CCOc1ccc2c(-c3ccnc(Nc4cccc(OC)c4)n3)cnn2n1. The summed E-state index contributed by atoms with van der Waals surface area (Å²) in [6, 6.07) is 13.2. The van der Waals surface area contributed by atoms with Crippen LogP contribution in [0.3, 0.4) is 0 Å². The van der Waals surface area contributed by atoms with Crippen molar-refractivity contribution >= 4 is 17.2 Å². The number of rotatable bonds is 6. The Morgan fingerprint density at radius 3 is 2.93 bits per heavy atom. The van der Waals surface area contributed by atoms with E-state index in [9.17, 15) is 0 Å². The average molecular weight is 362 g/mol. The second kappa shape index (κ2) is 7.28. The molecule has 0 bridgehead atoms. The highest BCUT2D eigenvalue weighted by Gasteiger charge is 2.11. The van der Waals surface area contributed by atoms with Crippen LogP contribution in [0, 0.1) is 0 Å². The molecule has 0 fully saturated rings. The normalized spacial score (nSPS) is 10.7. The Hall–Kier alpha value is -3.68. The molecular formula is C19H18N6O2. The quantitative estimate of drug-likeness (QED) is 0.563. The van der Waals surface area contributed by atoms with E-state index in [1.807, 2.05) is 49.4 Å². The van der Waals surface area contributed by atoms with Gasteiger partial charge in [0.1, 0.15) is 5.75 Å². The van der Waals surface area contributed by atoms with Crippen LogP contribution in [-0.4, -0.2) is 38.5 Å². The highest BCUT2D eigenvalue weighted by molar-refractivity contribution is 5.77. The second-order valence-electron chi connectivity index (χ2n) is 5.66. The van der Waals surface area contributed by atoms with Gasteiger partial charge in [-0.3, -0.25) is 0 Å². The third-order valence-electron chi connectivity index (χ3n) is 3.91. The van der Waals surface area contributed by atoms with Gasteiger partial charge in [0.2, 0.25) is 11.8 Å². The van der Waals surface area contributed by atoms with Crippen molar-refractivity contribution in [3.05, 3.63) is 54.9 Å². The largest absolute Gasteiger partial charge is 0.497 e. The van der Waals surface area contributed by atoms with Gasteiger partial charge in [0.05, 0.1) is 31.1 Å². The summed E-state index contributed by atoms with van der Waals surface area (Å²) in [4.78, 5) is 8.89. The maximum absolute atomic E-state index is 5.42. The van der Waals surface area contributed by atoms with Crippen molar-refractivity contribution in [2.24, 2.45) is 0 Å². The minimum atomic E-state index is 0.485. The number of nitrogens with one attached hydrogen (secondary N) is 1. The van der Waals surface area contributed by atoms with Crippen LogP contribution >= 0.6 is 0 Å². The molecular weight excluding hydrogens is 344 g/mol. The van der Waals surface area contributed by atoms with E-state index < -0.39 is 0 Å². The maximum Gasteiger partial charge on any atom is 0.233 e. The zero-order chi connectivity index (χ0) is 18.6. The highest BCUT2D eigenvalue weighted by atomic mass is 16.5. The third kappa shape index (κ3) is 3.50. The van der Waals surface area contributed by atoms with Crippen LogP contribution in [0.2, 0.25) is 0 Å². The molecule has 4 rings (SSSR count). The molecule has 3 aromatic heterocycles. The predicted octanol–water partition coefficient (Wildman–Crippen LogP) is 3.34. The Morgan fingerprint density at radius 1 is 1.15 bits per heavy atom. The molecule has 0 amide bonds. The molecule has 0 aliphatic heterocycles. The summed E-state index contributed by atoms with van der Waals surface area (Å²) in [5.41, 5.74) is 3.29. The molecule has 1 aromatic carbocycles. The number of nitrogens with zero attached hydrogens (tertiary/aromatic N) is 5. The van der Waals surface area contributed by atoms with E-state index in [2.05, 4.69) is 25.5 Å². The molecule has 0 unspecified atom stereocenters. The molecule has 4 aromatic rings. The van der Waals surface area contributed by atoms with Crippen LogP contribution in [-0.2, 0) is 0 Å². The van der Waals surface area contributed by atoms with Gasteiger partial charge in [0.25, 0.3) is 0 Å². The molecule has 0 atom stereocenters. The molecule has 0 spiro atoms. The lowest BCUT2D eigenvalue weighted by atomic mass is 10.2. The molecule has 8 nitrogen and oxygen atoms in total.